The molecule has 0 unspecified atom stereocenters. The summed E-state index contributed by atoms with van der Waals surface area (Å²) in [5, 5.41) is 7.66. The van der Waals surface area contributed by atoms with Crippen molar-refractivity contribution in [3.8, 4) is 0 Å². The zero-order valence-electron chi connectivity index (χ0n) is 19.3. The van der Waals surface area contributed by atoms with Crippen molar-refractivity contribution in [1.82, 2.24) is 16.0 Å². The zero-order chi connectivity index (χ0) is 24.6. The van der Waals surface area contributed by atoms with Crippen molar-refractivity contribution in [3.63, 3.8) is 0 Å². The van der Waals surface area contributed by atoms with Crippen LogP contribution in [0.1, 0.15) is 45.6 Å². The fraction of sp³-hybridized carbons (Fsp3) is 0.522. The Balaban J connectivity index is 1.90. The predicted octanol–water partition coefficient (Wildman–Crippen LogP) is 0.382. The minimum Gasteiger partial charge on any atom is -0.467 e. The number of carbonyl (C=O) groups is 5. The average molecular weight is 462 g/mol. The molecule has 0 radical (unpaired) electrons. The van der Waals surface area contributed by atoms with E-state index in [1.807, 2.05) is 30.3 Å². The SMILES string of the molecule is COC(=O)[C@@H](CCC(=O)OC(C)(C)C)NC(=O)C[C@@H]1NC(=O)[C@H](Cc2ccccc2)NC1=O. The summed E-state index contributed by atoms with van der Waals surface area (Å²) in [6.07, 6.45) is -0.184. The molecular formula is C23H31N3O7. The maximum Gasteiger partial charge on any atom is 0.328 e. The minimum atomic E-state index is -1.09. The van der Waals surface area contributed by atoms with Gasteiger partial charge in [0.05, 0.1) is 13.5 Å². The van der Waals surface area contributed by atoms with Crippen LogP contribution in [0.15, 0.2) is 30.3 Å². The Morgan fingerprint density at radius 3 is 2.24 bits per heavy atom. The van der Waals surface area contributed by atoms with E-state index in [2.05, 4.69) is 16.0 Å². The van der Waals surface area contributed by atoms with Gasteiger partial charge in [-0.05, 0) is 32.8 Å². The molecule has 0 aromatic heterocycles. The van der Waals surface area contributed by atoms with Gasteiger partial charge < -0.3 is 25.4 Å². The molecule has 1 aromatic carbocycles. The van der Waals surface area contributed by atoms with E-state index in [4.69, 9.17) is 9.47 Å². The molecule has 1 aromatic rings. The van der Waals surface area contributed by atoms with Gasteiger partial charge >= 0.3 is 11.9 Å². The number of nitrogens with one attached hydrogen (secondary N) is 3. The van der Waals surface area contributed by atoms with Crippen LogP contribution in [0.4, 0.5) is 0 Å². The summed E-state index contributed by atoms with van der Waals surface area (Å²) in [4.78, 5) is 61.3. The van der Waals surface area contributed by atoms with Crippen molar-refractivity contribution in [2.45, 2.75) is 70.2 Å². The Morgan fingerprint density at radius 1 is 1.03 bits per heavy atom. The second-order valence-electron chi connectivity index (χ2n) is 8.78. The fourth-order valence-corrected chi connectivity index (χ4v) is 3.30. The molecule has 3 amide bonds. The van der Waals surface area contributed by atoms with Gasteiger partial charge in [-0.15, -0.1) is 0 Å². The predicted molar refractivity (Wildman–Crippen MR) is 118 cm³/mol. The van der Waals surface area contributed by atoms with E-state index in [1.54, 1.807) is 20.8 Å². The number of piperazine rings is 1. The zero-order valence-corrected chi connectivity index (χ0v) is 19.3. The molecule has 0 spiro atoms. The van der Waals surface area contributed by atoms with Crippen LogP contribution in [0.2, 0.25) is 0 Å². The average Bonchev–Trinajstić information content (AvgIpc) is 2.73. The third kappa shape index (κ3) is 8.55. The highest BCUT2D eigenvalue weighted by atomic mass is 16.6. The summed E-state index contributed by atoms with van der Waals surface area (Å²) in [5.41, 5.74) is 0.214. The number of methoxy groups -OCH3 is 1. The first-order valence-corrected chi connectivity index (χ1v) is 10.7. The number of benzene rings is 1. The van der Waals surface area contributed by atoms with Crippen LogP contribution in [-0.4, -0.2) is 60.5 Å². The molecule has 1 heterocycles. The fourth-order valence-electron chi connectivity index (χ4n) is 3.30. The molecule has 0 saturated carbocycles. The van der Waals surface area contributed by atoms with E-state index in [0.29, 0.717) is 6.42 Å². The molecule has 0 aliphatic carbocycles. The topological polar surface area (TPSA) is 140 Å². The van der Waals surface area contributed by atoms with Crippen LogP contribution in [0, 0.1) is 0 Å². The maximum atomic E-state index is 12.5. The van der Waals surface area contributed by atoms with Gasteiger partial charge in [-0.3, -0.25) is 19.2 Å². The lowest BCUT2D eigenvalue weighted by Gasteiger charge is -2.29. The molecular weight excluding hydrogens is 430 g/mol. The molecule has 180 valence electrons. The van der Waals surface area contributed by atoms with Gasteiger partial charge in [-0.1, -0.05) is 30.3 Å². The van der Waals surface area contributed by atoms with E-state index < -0.39 is 53.4 Å². The Hall–Kier alpha value is -3.43. The summed E-state index contributed by atoms with van der Waals surface area (Å²) in [6.45, 7) is 5.16. The molecule has 3 N–H and O–H groups in total. The van der Waals surface area contributed by atoms with Gasteiger partial charge in [0.2, 0.25) is 17.7 Å². The van der Waals surface area contributed by atoms with Crippen molar-refractivity contribution in [2.75, 3.05) is 7.11 Å². The van der Waals surface area contributed by atoms with Gasteiger partial charge in [0, 0.05) is 12.8 Å². The number of esters is 2. The number of hydrogen-bond donors (Lipinski definition) is 3. The molecule has 3 atom stereocenters. The molecule has 1 aliphatic rings. The molecule has 10 heteroatoms. The lowest BCUT2D eigenvalue weighted by atomic mass is 10.0. The van der Waals surface area contributed by atoms with E-state index in [9.17, 15) is 24.0 Å². The monoisotopic (exact) mass is 461 g/mol. The van der Waals surface area contributed by atoms with Crippen molar-refractivity contribution < 1.29 is 33.4 Å². The normalized spacial score (nSPS) is 19.0. The first-order chi connectivity index (χ1) is 15.5. The molecule has 1 aliphatic heterocycles. The lowest BCUT2D eigenvalue weighted by Crippen LogP contribution is -2.63. The number of carbonyl (C=O) groups excluding carboxylic acids is 5. The van der Waals surface area contributed by atoms with Gasteiger partial charge in [-0.25, -0.2) is 4.79 Å². The third-order valence-corrected chi connectivity index (χ3v) is 4.82. The highest BCUT2D eigenvalue weighted by molar-refractivity contribution is 5.99. The second-order valence-corrected chi connectivity index (χ2v) is 8.78. The smallest absolute Gasteiger partial charge is 0.328 e. The van der Waals surface area contributed by atoms with E-state index >= 15 is 0 Å². The van der Waals surface area contributed by atoms with E-state index in [0.717, 1.165) is 12.7 Å². The largest absolute Gasteiger partial charge is 0.467 e. The number of amides is 3. The Bertz CT molecular complexity index is 880. The molecule has 10 nitrogen and oxygen atoms in total. The van der Waals surface area contributed by atoms with Crippen LogP contribution >= 0.6 is 0 Å². The molecule has 33 heavy (non-hydrogen) atoms. The van der Waals surface area contributed by atoms with Gasteiger partial charge in [0.15, 0.2) is 0 Å². The number of rotatable bonds is 9. The lowest BCUT2D eigenvalue weighted by molar-refractivity contribution is -0.155. The Morgan fingerprint density at radius 2 is 1.64 bits per heavy atom. The van der Waals surface area contributed by atoms with Crippen molar-refractivity contribution >= 4 is 29.7 Å². The molecule has 2 rings (SSSR count). The van der Waals surface area contributed by atoms with Crippen LogP contribution in [-0.2, 0) is 39.9 Å². The van der Waals surface area contributed by atoms with Crippen molar-refractivity contribution in [1.29, 1.82) is 0 Å². The highest BCUT2D eigenvalue weighted by Crippen LogP contribution is 2.12. The van der Waals surface area contributed by atoms with Gasteiger partial charge in [0.25, 0.3) is 0 Å². The summed E-state index contributed by atoms with van der Waals surface area (Å²) in [5.74, 6) is -2.78. The summed E-state index contributed by atoms with van der Waals surface area (Å²) >= 11 is 0. The summed E-state index contributed by atoms with van der Waals surface area (Å²) in [7, 11) is 1.16. The van der Waals surface area contributed by atoms with Gasteiger partial charge in [0.1, 0.15) is 23.7 Å². The summed E-state index contributed by atoms with van der Waals surface area (Å²) < 4.78 is 9.89. The quantitative estimate of drug-likeness (QED) is 0.452. The van der Waals surface area contributed by atoms with Crippen molar-refractivity contribution in [2.24, 2.45) is 0 Å². The van der Waals surface area contributed by atoms with Crippen LogP contribution < -0.4 is 16.0 Å². The Kier molecular flexibility index (Phi) is 8.95. The van der Waals surface area contributed by atoms with Crippen LogP contribution in [0.25, 0.3) is 0 Å². The summed E-state index contributed by atoms with van der Waals surface area (Å²) in [6, 6.07) is 6.32. The number of hydrogen-bond acceptors (Lipinski definition) is 7. The van der Waals surface area contributed by atoms with E-state index in [-0.39, 0.29) is 19.3 Å². The first kappa shape index (κ1) is 25.8. The standard InChI is InChI=1S/C23H31N3O7/c1-23(2,3)33-19(28)11-10-15(22(31)32-4)24-18(27)13-17-21(30)25-16(20(29)26-17)12-14-8-6-5-7-9-14/h5-9,15-17H,10-13H2,1-4H3,(H,24,27)(H,25,30)(H,26,29)/t15-,16+,17+/m1/s1. The third-order valence-electron chi connectivity index (χ3n) is 4.82. The molecule has 1 fully saturated rings. The Labute approximate surface area is 192 Å². The molecule has 0 bridgehead atoms. The van der Waals surface area contributed by atoms with Gasteiger partial charge in [-0.2, -0.15) is 0 Å². The van der Waals surface area contributed by atoms with Crippen molar-refractivity contribution in [3.05, 3.63) is 35.9 Å². The minimum absolute atomic E-state index is 0.0320. The van der Waals surface area contributed by atoms with Crippen LogP contribution in [0.5, 0.6) is 0 Å². The van der Waals surface area contributed by atoms with Crippen LogP contribution in [0.3, 0.4) is 0 Å². The maximum absolute atomic E-state index is 12.5. The van der Waals surface area contributed by atoms with E-state index in [1.165, 1.54) is 0 Å². The first-order valence-electron chi connectivity index (χ1n) is 10.7. The highest BCUT2D eigenvalue weighted by Gasteiger charge is 2.35. The number of ether oxygens (including phenoxy) is 2. The second kappa shape index (κ2) is 11.4. The molecule has 1 saturated heterocycles.